The Morgan fingerprint density at radius 2 is 2.10 bits per heavy atom. The van der Waals surface area contributed by atoms with E-state index in [4.69, 9.17) is 16.3 Å². The Bertz CT molecular complexity index is 575. The topological polar surface area (TPSA) is 49.8 Å². The van der Waals surface area contributed by atoms with E-state index in [0.717, 1.165) is 17.6 Å². The number of hydrogen-bond acceptors (Lipinski definition) is 3. The fraction of sp³-hybridized carbons (Fsp3) is 0.438. The molecular formula is C16H20ClNO3. The van der Waals surface area contributed by atoms with Crippen molar-refractivity contribution in [1.29, 1.82) is 0 Å². The van der Waals surface area contributed by atoms with Crippen molar-refractivity contribution in [2.24, 2.45) is 0 Å². The smallest absolute Gasteiger partial charge is 0.410 e. The normalized spacial score (nSPS) is 15.6. The summed E-state index contributed by atoms with van der Waals surface area (Å²) in [6.45, 7) is 6.67. The second-order valence-electron chi connectivity index (χ2n) is 6.07. The number of carbonyl (C=O) groups is 1. The lowest BCUT2D eigenvalue weighted by atomic mass is 9.99. The highest BCUT2D eigenvalue weighted by Crippen LogP contribution is 2.30. The quantitative estimate of drug-likeness (QED) is 0.850. The molecule has 1 aliphatic rings. The minimum Gasteiger partial charge on any atom is -0.506 e. The second-order valence-corrected chi connectivity index (χ2v) is 6.48. The first-order valence-corrected chi connectivity index (χ1v) is 7.30. The minimum atomic E-state index is -0.483. The van der Waals surface area contributed by atoms with Gasteiger partial charge in [-0.2, -0.15) is 0 Å². The lowest BCUT2D eigenvalue weighted by molar-refractivity contribution is 0.0270. The first kappa shape index (κ1) is 15.7. The zero-order valence-electron chi connectivity index (χ0n) is 12.5. The van der Waals surface area contributed by atoms with Crippen molar-refractivity contribution < 1.29 is 14.6 Å². The Hall–Kier alpha value is -1.68. The Kier molecular flexibility index (Phi) is 4.47. The number of phenolic OH excluding ortho intramolecular Hbond substituents is 1. The lowest BCUT2D eigenvalue weighted by Gasteiger charge is -2.29. The van der Waals surface area contributed by atoms with Crippen LogP contribution in [0.15, 0.2) is 24.3 Å². The van der Waals surface area contributed by atoms with Crippen LogP contribution in [0.25, 0.3) is 5.57 Å². The van der Waals surface area contributed by atoms with Crippen LogP contribution in [0.5, 0.6) is 5.75 Å². The molecule has 0 atom stereocenters. The van der Waals surface area contributed by atoms with Crippen LogP contribution in [-0.2, 0) is 4.74 Å². The highest BCUT2D eigenvalue weighted by Gasteiger charge is 2.23. The van der Waals surface area contributed by atoms with Crippen LogP contribution in [0.1, 0.15) is 32.8 Å². The maximum Gasteiger partial charge on any atom is 0.410 e. The van der Waals surface area contributed by atoms with E-state index in [1.807, 2.05) is 32.9 Å². The van der Waals surface area contributed by atoms with Gasteiger partial charge < -0.3 is 14.7 Å². The van der Waals surface area contributed by atoms with Crippen molar-refractivity contribution in [2.75, 3.05) is 13.1 Å². The average Bonchev–Trinajstić information content (AvgIpc) is 2.40. The number of amides is 1. The zero-order chi connectivity index (χ0) is 15.6. The third kappa shape index (κ3) is 4.14. The van der Waals surface area contributed by atoms with Gasteiger partial charge in [-0.3, -0.25) is 0 Å². The first-order valence-electron chi connectivity index (χ1n) is 6.92. The number of carbonyl (C=O) groups excluding carboxylic acids is 1. The van der Waals surface area contributed by atoms with E-state index < -0.39 is 5.60 Å². The van der Waals surface area contributed by atoms with E-state index in [2.05, 4.69) is 0 Å². The molecule has 4 nitrogen and oxygen atoms in total. The average molecular weight is 310 g/mol. The molecule has 0 bridgehead atoms. The number of phenols is 1. The highest BCUT2D eigenvalue weighted by atomic mass is 35.5. The maximum atomic E-state index is 12.0. The molecule has 1 aliphatic heterocycles. The molecule has 1 amide bonds. The summed E-state index contributed by atoms with van der Waals surface area (Å²) in [6, 6.07) is 5.20. The molecular weight excluding hydrogens is 290 g/mol. The summed E-state index contributed by atoms with van der Waals surface area (Å²) in [7, 11) is 0. The predicted molar refractivity (Wildman–Crippen MR) is 83.5 cm³/mol. The number of rotatable bonds is 1. The summed E-state index contributed by atoms with van der Waals surface area (Å²) >= 11 is 5.81. The fourth-order valence-electron chi connectivity index (χ4n) is 2.14. The molecule has 1 N–H and O–H groups in total. The van der Waals surface area contributed by atoms with Gasteiger partial charge in [0, 0.05) is 13.1 Å². The summed E-state index contributed by atoms with van der Waals surface area (Å²) < 4.78 is 5.35. The third-order valence-electron chi connectivity index (χ3n) is 3.18. The molecule has 0 aromatic heterocycles. The molecule has 0 unspecified atom stereocenters. The van der Waals surface area contributed by atoms with Gasteiger partial charge in [-0.15, -0.1) is 0 Å². The van der Waals surface area contributed by atoms with Gasteiger partial charge in [0.15, 0.2) is 0 Å². The van der Waals surface area contributed by atoms with Crippen molar-refractivity contribution in [3.05, 3.63) is 34.9 Å². The van der Waals surface area contributed by atoms with Gasteiger partial charge in [0.05, 0.1) is 5.02 Å². The van der Waals surface area contributed by atoms with E-state index >= 15 is 0 Å². The fourth-order valence-corrected chi connectivity index (χ4v) is 2.25. The molecule has 0 spiro atoms. The molecule has 1 aromatic rings. The van der Waals surface area contributed by atoms with E-state index in [1.54, 1.807) is 17.0 Å². The number of halogens is 1. The van der Waals surface area contributed by atoms with Crippen molar-refractivity contribution in [2.45, 2.75) is 32.8 Å². The SMILES string of the molecule is CC(C)(C)OC(=O)N1CC=C(c2ccc(Cl)c(O)c2)CC1. The molecule has 114 valence electrons. The van der Waals surface area contributed by atoms with Crippen molar-refractivity contribution >= 4 is 23.3 Å². The molecule has 21 heavy (non-hydrogen) atoms. The lowest BCUT2D eigenvalue weighted by Crippen LogP contribution is -2.39. The molecule has 0 saturated heterocycles. The molecule has 2 rings (SSSR count). The summed E-state index contributed by atoms with van der Waals surface area (Å²) in [4.78, 5) is 13.6. The van der Waals surface area contributed by atoms with E-state index in [9.17, 15) is 9.90 Å². The van der Waals surface area contributed by atoms with Crippen LogP contribution in [0.2, 0.25) is 5.02 Å². The Morgan fingerprint density at radius 1 is 1.38 bits per heavy atom. The maximum absolute atomic E-state index is 12.0. The summed E-state index contributed by atoms with van der Waals surface area (Å²) in [5, 5.41) is 9.99. The first-order chi connectivity index (χ1) is 9.76. The third-order valence-corrected chi connectivity index (χ3v) is 3.50. The number of nitrogens with zero attached hydrogens (tertiary/aromatic N) is 1. The van der Waals surface area contributed by atoms with Gasteiger partial charge in [0.25, 0.3) is 0 Å². The standard InChI is InChI=1S/C16H20ClNO3/c1-16(2,3)21-15(20)18-8-6-11(7-9-18)12-4-5-13(17)14(19)10-12/h4-6,10,19H,7-9H2,1-3H3. The summed E-state index contributed by atoms with van der Waals surface area (Å²) in [6.07, 6.45) is 2.41. The number of hydrogen-bond donors (Lipinski definition) is 1. The minimum absolute atomic E-state index is 0.0737. The molecule has 0 radical (unpaired) electrons. The van der Waals surface area contributed by atoms with Crippen molar-refractivity contribution in [3.63, 3.8) is 0 Å². The van der Waals surface area contributed by atoms with Gasteiger partial charge in [-0.1, -0.05) is 23.7 Å². The number of aromatic hydroxyl groups is 1. The highest BCUT2D eigenvalue weighted by molar-refractivity contribution is 6.32. The molecule has 0 aliphatic carbocycles. The zero-order valence-corrected chi connectivity index (χ0v) is 13.3. The van der Waals surface area contributed by atoms with Crippen molar-refractivity contribution in [3.8, 4) is 5.75 Å². The van der Waals surface area contributed by atoms with Gasteiger partial charge in [-0.25, -0.2) is 4.79 Å². The number of ether oxygens (including phenoxy) is 1. The van der Waals surface area contributed by atoms with Crippen LogP contribution in [-0.4, -0.2) is 34.8 Å². The Morgan fingerprint density at radius 3 is 2.62 bits per heavy atom. The summed E-state index contributed by atoms with van der Waals surface area (Å²) in [5.41, 5.74) is 1.55. The Labute approximate surface area is 130 Å². The second kappa shape index (κ2) is 5.98. The molecule has 1 aromatic carbocycles. The van der Waals surface area contributed by atoms with E-state index in [0.29, 0.717) is 18.1 Å². The van der Waals surface area contributed by atoms with Crippen LogP contribution >= 0.6 is 11.6 Å². The number of benzene rings is 1. The predicted octanol–water partition coefficient (Wildman–Crippen LogP) is 4.07. The molecule has 1 heterocycles. The van der Waals surface area contributed by atoms with Gasteiger partial charge in [-0.05, 0) is 50.5 Å². The largest absolute Gasteiger partial charge is 0.506 e. The van der Waals surface area contributed by atoms with Gasteiger partial charge >= 0.3 is 6.09 Å². The van der Waals surface area contributed by atoms with Crippen LogP contribution in [0.3, 0.4) is 0 Å². The molecule has 0 saturated carbocycles. The summed E-state index contributed by atoms with van der Waals surface area (Å²) in [5.74, 6) is 0.0737. The van der Waals surface area contributed by atoms with Gasteiger partial charge in [0.2, 0.25) is 0 Å². The van der Waals surface area contributed by atoms with Crippen LogP contribution < -0.4 is 0 Å². The van der Waals surface area contributed by atoms with Crippen LogP contribution in [0.4, 0.5) is 4.79 Å². The Balaban J connectivity index is 2.05. The van der Waals surface area contributed by atoms with E-state index in [-0.39, 0.29) is 11.8 Å². The molecule has 0 fully saturated rings. The van der Waals surface area contributed by atoms with Crippen LogP contribution in [0, 0.1) is 0 Å². The monoisotopic (exact) mass is 309 g/mol. The van der Waals surface area contributed by atoms with Crippen molar-refractivity contribution in [1.82, 2.24) is 4.90 Å². The van der Waals surface area contributed by atoms with E-state index in [1.165, 1.54) is 0 Å². The van der Waals surface area contributed by atoms with Gasteiger partial charge in [0.1, 0.15) is 11.4 Å². The molecule has 5 heteroatoms.